The van der Waals surface area contributed by atoms with E-state index in [9.17, 15) is 27.6 Å². The van der Waals surface area contributed by atoms with Crippen molar-refractivity contribution in [1.29, 1.82) is 0 Å². The van der Waals surface area contributed by atoms with E-state index in [2.05, 4.69) is 15.4 Å². The number of nitrogens with zero attached hydrogens (tertiary/aromatic N) is 6. The van der Waals surface area contributed by atoms with Crippen molar-refractivity contribution in [3.05, 3.63) is 53.9 Å². The van der Waals surface area contributed by atoms with Crippen LogP contribution < -0.4 is 15.1 Å². The summed E-state index contributed by atoms with van der Waals surface area (Å²) in [5.74, 6) is -5.71. The van der Waals surface area contributed by atoms with Crippen molar-refractivity contribution < 1.29 is 32.0 Å². The van der Waals surface area contributed by atoms with Crippen LogP contribution in [0.15, 0.2) is 35.2 Å². The number of rotatable bonds is 4. The van der Waals surface area contributed by atoms with Gasteiger partial charge in [-0.1, -0.05) is 0 Å². The van der Waals surface area contributed by atoms with Gasteiger partial charge < -0.3 is 19.5 Å². The number of benzene rings is 1. The lowest BCUT2D eigenvalue weighted by Crippen LogP contribution is -2.47. The van der Waals surface area contributed by atoms with Crippen molar-refractivity contribution in [3.8, 4) is 0 Å². The average Bonchev–Trinajstić information content (AvgIpc) is 3.61. The second-order valence-electron chi connectivity index (χ2n) is 8.94. The van der Waals surface area contributed by atoms with E-state index in [0.29, 0.717) is 30.1 Å². The number of hydrogen-bond acceptors (Lipinski definition) is 6. The van der Waals surface area contributed by atoms with Gasteiger partial charge in [-0.2, -0.15) is 5.10 Å². The number of fused-ring (bicyclic) bond motifs is 1. The maximum atomic E-state index is 13.6. The smallest absolute Gasteiger partial charge is 0.322 e. The normalized spacial score (nSPS) is 19.2. The van der Waals surface area contributed by atoms with Crippen molar-refractivity contribution in [2.24, 2.45) is 5.92 Å². The molecule has 2 aromatic heterocycles. The number of oxazole rings is 1. The molecule has 5 rings (SSSR count). The Morgan fingerprint density at radius 3 is 2.59 bits per heavy atom. The van der Waals surface area contributed by atoms with Gasteiger partial charge in [0.25, 0.3) is 0 Å². The second kappa shape index (κ2) is 9.26. The van der Waals surface area contributed by atoms with Gasteiger partial charge in [-0.05, 0) is 6.92 Å². The van der Waals surface area contributed by atoms with E-state index >= 15 is 0 Å². The first kappa shape index (κ1) is 24.3. The van der Waals surface area contributed by atoms with Crippen molar-refractivity contribution in [3.63, 3.8) is 0 Å². The van der Waals surface area contributed by atoms with Crippen LogP contribution >= 0.6 is 0 Å². The monoisotopic (exact) mass is 517 g/mol. The summed E-state index contributed by atoms with van der Waals surface area (Å²) >= 11 is 0. The van der Waals surface area contributed by atoms with E-state index < -0.39 is 29.4 Å². The molecule has 0 radical (unpaired) electrons. The Kier molecular flexibility index (Phi) is 6.09. The molecule has 2 aliphatic heterocycles. The fraction of sp³-hybridized carbons (Fsp3) is 0.348. The third-order valence-corrected chi connectivity index (χ3v) is 6.51. The molecular formula is C23H22F3N7O4. The van der Waals surface area contributed by atoms with Crippen LogP contribution in [-0.4, -0.2) is 57.1 Å². The maximum Gasteiger partial charge on any atom is 0.322 e. The first-order chi connectivity index (χ1) is 17.6. The van der Waals surface area contributed by atoms with Gasteiger partial charge in [0.15, 0.2) is 17.5 Å². The molecule has 14 heteroatoms. The minimum Gasteiger partial charge on any atom is -0.432 e. The highest BCUT2D eigenvalue weighted by molar-refractivity contribution is 6.04. The third kappa shape index (κ3) is 4.38. The summed E-state index contributed by atoms with van der Waals surface area (Å²) in [4.78, 5) is 46.8. The summed E-state index contributed by atoms with van der Waals surface area (Å²) in [6.45, 7) is 2.21. The largest absolute Gasteiger partial charge is 0.432 e. The molecule has 1 fully saturated rings. The minimum absolute atomic E-state index is 0.0171. The van der Waals surface area contributed by atoms with Gasteiger partial charge in [-0.15, -0.1) is 0 Å². The Balaban J connectivity index is 1.32. The predicted molar refractivity (Wildman–Crippen MR) is 123 cm³/mol. The highest BCUT2D eigenvalue weighted by atomic mass is 19.2. The summed E-state index contributed by atoms with van der Waals surface area (Å²) < 4.78 is 47.3. The predicted octanol–water partition coefficient (Wildman–Crippen LogP) is 2.74. The number of carbonyl (C=O) groups is 3. The van der Waals surface area contributed by atoms with E-state index in [1.54, 1.807) is 11.6 Å². The van der Waals surface area contributed by atoms with Gasteiger partial charge in [0.05, 0.1) is 48.8 Å². The highest BCUT2D eigenvalue weighted by Crippen LogP contribution is 2.33. The van der Waals surface area contributed by atoms with Crippen LogP contribution in [-0.2, 0) is 22.7 Å². The lowest BCUT2D eigenvalue weighted by molar-refractivity contribution is -0.124. The van der Waals surface area contributed by atoms with Crippen molar-refractivity contribution >= 4 is 35.2 Å². The fourth-order valence-electron chi connectivity index (χ4n) is 4.56. The molecule has 2 aliphatic rings. The van der Waals surface area contributed by atoms with Crippen molar-refractivity contribution in [1.82, 2.24) is 19.7 Å². The highest BCUT2D eigenvalue weighted by Gasteiger charge is 2.40. The summed E-state index contributed by atoms with van der Waals surface area (Å²) in [7, 11) is 1.51. The van der Waals surface area contributed by atoms with Crippen LogP contribution in [0.1, 0.15) is 19.0 Å². The summed E-state index contributed by atoms with van der Waals surface area (Å²) in [5.41, 5.74) is 0.786. The van der Waals surface area contributed by atoms with Gasteiger partial charge >= 0.3 is 12.0 Å². The number of anilines is 3. The fourth-order valence-corrected chi connectivity index (χ4v) is 4.56. The van der Waals surface area contributed by atoms with E-state index in [4.69, 9.17) is 4.42 Å². The van der Waals surface area contributed by atoms with E-state index in [0.717, 1.165) is 0 Å². The number of amides is 4. The number of carbonyl (C=O) groups excluding carboxylic acids is 3. The quantitative estimate of drug-likeness (QED) is 0.532. The Labute approximate surface area is 208 Å². The first-order valence-corrected chi connectivity index (χ1v) is 11.4. The molecule has 37 heavy (non-hydrogen) atoms. The topological polar surface area (TPSA) is 117 Å². The van der Waals surface area contributed by atoms with Gasteiger partial charge in [-0.25, -0.2) is 22.9 Å². The zero-order valence-corrected chi connectivity index (χ0v) is 19.8. The molecule has 3 aromatic rings. The molecule has 1 N–H and O–H groups in total. The Morgan fingerprint density at radius 2 is 1.92 bits per heavy atom. The Bertz CT molecular complexity index is 1350. The number of nitrogens with one attached hydrogen (secondary N) is 1. The number of urea groups is 1. The molecule has 194 valence electrons. The summed E-state index contributed by atoms with van der Waals surface area (Å²) in [6.07, 6.45) is 4.25. The van der Waals surface area contributed by atoms with E-state index in [1.165, 1.54) is 40.4 Å². The maximum absolute atomic E-state index is 13.6. The number of hydrogen-bond donors (Lipinski definition) is 1. The van der Waals surface area contributed by atoms with Gasteiger partial charge in [-0.3, -0.25) is 19.2 Å². The zero-order chi connectivity index (χ0) is 26.4. The van der Waals surface area contributed by atoms with Crippen LogP contribution in [0.5, 0.6) is 0 Å². The Hall–Kier alpha value is -4.36. The molecular weight excluding hydrogens is 495 g/mol. The standard InChI is InChI=1S/C23H22F3N7O4/c1-12-9-33-18(11-31(12)22(36)29-14-6-15(24)20(26)16(25)7-14)17(8-28-33)32-10-13(5-19(32)34)21(35)30(2)23-27-3-4-37-23/h3-4,6-8,12-13H,5,9-11H2,1-2H3,(H,29,36)/t12-,13?/m0/s1. The molecule has 1 aromatic carbocycles. The van der Waals surface area contributed by atoms with E-state index in [1.807, 2.05) is 0 Å². The van der Waals surface area contributed by atoms with Gasteiger partial charge in [0.2, 0.25) is 11.8 Å². The summed E-state index contributed by atoms with van der Waals surface area (Å²) in [5, 5.41) is 6.73. The molecule has 2 atom stereocenters. The number of halogens is 3. The van der Waals surface area contributed by atoms with Crippen molar-refractivity contribution in [2.75, 3.05) is 28.7 Å². The lowest BCUT2D eigenvalue weighted by atomic mass is 10.1. The zero-order valence-electron chi connectivity index (χ0n) is 19.8. The van der Waals surface area contributed by atoms with E-state index in [-0.39, 0.29) is 49.1 Å². The van der Waals surface area contributed by atoms with Crippen LogP contribution in [0.2, 0.25) is 0 Å². The van der Waals surface area contributed by atoms with Crippen LogP contribution in [0.25, 0.3) is 0 Å². The molecule has 1 unspecified atom stereocenters. The molecule has 1 saturated heterocycles. The molecule has 11 nitrogen and oxygen atoms in total. The Morgan fingerprint density at radius 1 is 1.19 bits per heavy atom. The SMILES string of the molecule is C[C@H]1Cn2ncc(N3CC(C(=O)N(C)c4ncco4)CC3=O)c2CN1C(=O)Nc1cc(F)c(F)c(F)c1. The number of aromatic nitrogens is 3. The molecule has 0 saturated carbocycles. The molecule has 4 amide bonds. The molecule has 0 spiro atoms. The third-order valence-electron chi connectivity index (χ3n) is 6.51. The molecule has 4 heterocycles. The van der Waals surface area contributed by atoms with Gasteiger partial charge in [0.1, 0.15) is 6.26 Å². The van der Waals surface area contributed by atoms with Crippen molar-refractivity contribution in [2.45, 2.75) is 32.5 Å². The molecule has 0 aliphatic carbocycles. The average molecular weight is 517 g/mol. The first-order valence-electron chi connectivity index (χ1n) is 11.4. The van der Waals surface area contributed by atoms with Crippen LogP contribution in [0, 0.1) is 23.4 Å². The summed E-state index contributed by atoms with van der Waals surface area (Å²) in [6, 6.07) is 0.486. The van der Waals surface area contributed by atoms with Crippen LogP contribution in [0.4, 0.5) is 35.4 Å². The second-order valence-corrected chi connectivity index (χ2v) is 8.94. The minimum atomic E-state index is -1.63. The van der Waals surface area contributed by atoms with Gasteiger partial charge in [0, 0.05) is 37.8 Å². The molecule has 0 bridgehead atoms. The van der Waals surface area contributed by atoms with Crippen LogP contribution in [0.3, 0.4) is 0 Å². The lowest BCUT2D eigenvalue weighted by Gasteiger charge is -2.35.